The number of hydrogen-bond acceptors (Lipinski definition) is 3. The maximum atomic E-state index is 13.0. The summed E-state index contributed by atoms with van der Waals surface area (Å²) in [5, 5.41) is 3.59. The topological polar surface area (TPSA) is 46.9 Å². The van der Waals surface area contributed by atoms with Crippen LogP contribution in [0.25, 0.3) is 0 Å². The number of nitrogens with one attached hydrogen (secondary N) is 1. The normalized spacial score (nSPS) is 10.6. The van der Waals surface area contributed by atoms with E-state index in [4.69, 9.17) is 0 Å². The number of thioether (sulfide) groups is 1. The second-order valence-electron chi connectivity index (χ2n) is 5.31. The highest BCUT2D eigenvalue weighted by atomic mass is 79.9. The van der Waals surface area contributed by atoms with Crippen molar-refractivity contribution in [1.29, 1.82) is 0 Å². The Balaban J connectivity index is 1.56. The first-order valence-electron chi connectivity index (χ1n) is 7.54. The average Bonchev–Trinajstić information content (AvgIpc) is 3.04. The van der Waals surface area contributed by atoms with Gasteiger partial charge in [0.2, 0.25) is 5.91 Å². The minimum absolute atomic E-state index is 0.0938. The maximum absolute atomic E-state index is 13.0. The largest absolute Gasteiger partial charge is 0.325 e. The first-order valence-corrected chi connectivity index (χ1v) is 9.32. The lowest BCUT2D eigenvalue weighted by Crippen LogP contribution is -2.14. The van der Waals surface area contributed by atoms with Gasteiger partial charge in [0.05, 0.1) is 5.75 Å². The number of aromatic nitrogens is 2. The standard InChI is InChI=1S/C18H15BrFN3OS/c19-14-3-7-16(8-4-14)22-17(24)12-25-18-21-9-10-23(18)11-13-1-5-15(20)6-2-13/h1-10H,11-12H2,(H,22,24). The van der Waals surface area contributed by atoms with Crippen LogP contribution in [0.15, 0.2) is 70.6 Å². The number of carbonyl (C=O) groups is 1. The highest BCUT2D eigenvalue weighted by Crippen LogP contribution is 2.19. The molecule has 3 aromatic rings. The molecule has 4 nitrogen and oxygen atoms in total. The van der Waals surface area contributed by atoms with E-state index in [2.05, 4.69) is 26.2 Å². The summed E-state index contributed by atoms with van der Waals surface area (Å²) in [5.74, 6) is -0.0894. The van der Waals surface area contributed by atoms with Crippen molar-refractivity contribution < 1.29 is 9.18 Å². The van der Waals surface area contributed by atoms with Gasteiger partial charge >= 0.3 is 0 Å². The molecule has 2 aromatic carbocycles. The minimum Gasteiger partial charge on any atom is -0.325 e. The van der Waals surface area contributed by atoms with Crippen molar-refractivity contribution in [2.45, 2.75) is 11.7 Å². The van der Waals surface area contributed by atoms with Crippen LogP contribution in [-0.4, -0.2) is 21.2 Å². The van der Waals surface area contributed by atoms with Gasteiger partial charge in [-0.15, -0.1) is 0 Å². The van der Waals surface area contributed by atoms with Crippen LogP contribution < -0.4 is 5.32 Å². The first-order chi connectivity index (χ1) is 12.1. The Morgan fingerprint density at radius 2 is 1.88 bits per heavy atom. The van der Waals surface area contributed by atoms with Crippen LogP contribution in [0.4, 0.5) is 10.1 Å². The zero-order valence-electron chi connectivity index (χ0n) is 13.2. The van der Waals surface area contributed by atoms with E-state index in [0.717, 1.165) is 20.9 Å². The lowest BCUT2D eigenvalue weighted by molar-refractivity contribution is -0.113. The van der Waals surface area contributed by atoms with E-state index in [-0.39, 0.29) is 17.5 Å². The van der Waals surface area contributed by atoms with E-state index in [9.17, 15) is 9.18 Å². The molecular weight excluding hydrogens is 405 g/mol. The molecule has 0 saturated heterocycles. The lowest BCUT2D eigenvalue weighted by atomic mass is 10.2. The van der Waals surface area contributed by atoms with Crippen LogP contribution in [0.2, 0.25) is 0 Å². The van der Waals surface area contributed by atoms with Crippen molar-refractivity contribution in [2.75, 3.05) is 11.1 Å². The van der Waals surface area contributed by atoms with Crippen LogP contribution in [0, 0.1) is 5.82 Å². The predicted octanol–water partition coefficient (Wildman–Crippen LogP) is 4.56. The molecule has 25 heavy (non-hydrogen) atoms. The Morgan fingerprint density at radius 1 is 1.16 bits per heavy atom. The van der Waals surface area contributed by atoms with Gasteiger partial charge in [0.1, 0.15) is 5.82 Å². The average molecular weight is 420 g/mol. The van der Waals surface area contributed by atoms with Crippen LogP contribution in [0.3, 0.4) is 0 Å². The third-order valence-corrected chi connectivity index (χ3v) is 4.94. The molecule has 0 spiro atoms. The molecule has 0 fully saturated rings. The highest BCUT2D eigenvalue weighted by Gasteiger charge is 2.09. The van der Waals surface area contributed by atoms with Gasteiger partial charge in [-0.1, -0.05) is 39.8 Å². The van der Waals surface area contributed by atoms with E-state index in [1.807, 2.05) is 35.0 Å². The van der Waals surface area contributed by atoms with Crippen LogP contribution in [0.5, 0.6) is 0 Å². The van der Waals surface area contributed by atoms with E-state index in [1.54, 1.807) is 18.3 Å². The molecule has 0 radical (unpaired) electrons. The number of carbonyl (C=O) groups excluding carboxylic acids is 1. The van der Waals surface area contributed by atoms with Crippen molar-refractivity contribution in [3.63, 3.8) is 0 Å². The predicted molar refractivity (Wildman–Crippen MR) is 101 cm³/mol. The van der Waals surface area contributed by atoms with Crippen molar-refractivity contribution >= 4 is 39.3 Å². The molecule has 0 aliphatic carbocycles. The molecule has 0 bridgehead atoms. The summed E-state index contributed by atoms with van der Waals surface area (Å²) in [6.07, 6.45) is 3.54. The molecule has 0 aliphatic heterocycles. The molecule has 3 rings (SSSR count). The van der Waals surface area contributed by atoms with Crippen molar-refractivity contribution in [3.8, 4) is 0 Å². The molecule has 1 amide bonds. The van der Waals surface area contributed by atoms with Gasteiger partial charge in [0.15, 0.2) is 5.16 Å². The zero-order chi connectivity index (χ0) is 17.6. The van der Waals surface area contributed by atoms with Gasteiger partial charge in [0.25, 0.3) is 0 Å². The zero-order valence-corrected chi connectivity index (χ0v) is 15.6. The van der Waals surface area contributed by atoms with Gasteiger partial charge in [-0.25, -0.2) is 9.37 Å². The Hall–Kier alpha value is -2.12. The summed E-state index contributed by atoms with van der Waals surface area (Å²) in [7, 11) is 0. The molecule has 0 atom stereocenters. The van der Waals surface area contributed by atoms with Crippen molar-refractivity contribution in [1.82, 2.24) is 9.55 Å². The molecule has 1 aromatic heterocycles. The first kappa shape index (κ1) is 17.7. The molecule has 1 N–H and O–H groups in total. The van der Waals surface area contributed by atoms with E-state index in [0.29, 0.717) is 6.54 Å². The fourth-order valence-electron chi connectivity index (χ4n) is 2.20. The number of anilines is 1. The molecule has 0 unspecified atom stereocenters. The Morgan fingerprint density at radius 3 is 2.60 bits per heavy atom. The van der Waals surface area contributed by atoms with Gasteiger partial charge in [-0.2, -0.15) is 0 Å². The molecule has 128 valence electrons. The second-order valence-corrected chi connectivity index (χ2v) is 7.17. The second kappa shape index (κ2) is 8.31. The summed E-state index contributed by atoms with van der Waals surface area (Å²) in [6, 6.07) is 13.8. The third kappa shape index (κ3) is 5.17. The third-order valence-electron chi connectivity index (χ3n) is 3.40. The van der Waals surface area contributed by atoms with Gasteiger partial charge in [-0.3, -0.25) is 4.79 Å². The molecule has 0 saturated carbocycles. The molecule has 7 heteroatoms. The van der Waals surface area contributed by atoms with Crippen LogP contribution in [0.1, 0.15) is 5.56 Å². The maximum Gasteiger partial charge on any atom is 0.234 e. The SMILES string of the molecule is O=C(CSc1nccn1Cc1ccc(F)cc1)Nc1ccc(Br)cc1. The number of halogens is 2. The fraction of sp³-hybridized carbons (Fsp3) is 0.111. The number of nitrogens with zero attached hydrogens (tertiary/aromatic N) is 2. The smallest absolute Gasteiger partial charge is 0.234 e. The number of amides is 1. The van der Waals surface area contributed by atoms with Crippen molar-refractivity contribution in [3.05, 3.63) is 76.8 Å². The highest BCUT2D eigenvalue weighted by molar-refractivity contribution is 9.10. The van der Waals surface area contributed by atoms with Crippen molar-refractivity contribution in [2.24, 2.45) is 0 Å². The molecule has 1 heterocycles. The monoisotopic (exact) mass is 419 g/mol. The summed E-state index contributed by atoms with van der Waals surface area (Å²) in [6.45, 7) is 0.580. The van der Waals surface area contributed by atoms with Gasteiger partial charge < -0.3 is 9.88 Å². The molecular formula is C18H15BrFN3OS. The summed E-state index contributed by atoms with van der Waals surface area (Å²) < 4.78 is 15.9. The fourth-order valence-corrected chi connectivity index (χ4v) is 3.23. The van der Waals surface area contributed by atoms with E-state index < -0.39 is 0 Å². The minimum atomic E-state index is -0.256. The Kier molecular flexibility index (Phi) is 5.88. The molecule has 0 aliphatic rings. The summed E-state index contributed by atoms with van der Waals surface area (Å²) in [5.41, 5.74) is 1.73. The van der Waals surface area contributed by atoms with Gasteiger partial charge in [0, 0.05) is 29.1 Å². The summed E-state index contributed by atoms with van der Waals surface area (Å²) >= 11 is 4.72. The number of hydrogen-bond donors (Lipinski definition) is 1. The summed E-state index contributed by atoms with van der Waals surface area (Å²) in [4.78, 5) is 16.4. The number of imidazole rings is 1. The number of benzene rings is 2. The number of rotatable bonds is 6. The van der Waals surface area contributed by atoms with Crippen LogP contribution in [-0.2, 0) is 11.3 Å². The Labute approximate surface area is 157 Å². The quantitative estimate of drug-likeness (QED) is 0.595. The lowest BCUT2D eigenvalue weighted by Gasteiger charge is -2.08. The van der Waals surface area contributed by atoms with Gasteiger partial charge in [-0.05, 0) is 42.0 Å². The van der Waals surface area contributed by atoms with Crippen LogP contribution >= 0.6 is 27.7 Å². The van der Waals surface area contributed by atoms with E-state index >= 15 is 0 Å². The van der Waals surface area contributed by atoms with E-state index in [1.165, 1.54) is 23.9 Å². The Bertz CT molecular complexity index is 850.